The van der Waals surface area contributed by atoms with Crippen molar-refractivity contribution in [1.82, 2.24) is 9.55 Å². The molecule has 0 aliphatic heterocycles. The number of esters is 1. The molecule has 0 unspecified atom stereocenters. The molecule has 5 heteroatoms. The van der Waals surface area contributed by atoms with Crippen molar-refractivity contribution < 1.29 is 14.3 Å². The normalized spacial score (nSPS) is 13.0. The van der Waals surface area contributed by atoms with Crippen LogP contribution >= 0.6 is 0 Å². The van der Waals surface area contributed by atoms with Crippen molar-refractivity contribution in [3.63, 3.8) is 0 Å². The lowest BCUT2D eigenvalue weighted by molar-refractivity contribution is -0.143. The fourth-order valence-corrected chi connectivity index (χ4v) is 3.09. The number of carbonyl (C=O) groups excluding carboxylic acids is 2. The Hall–Kier alpha value is -2.17. The summed E-state index contributed by atoms with van der Waals surface area (Å²) in [5.74, 6) is 0.636. The number of nitrogens with zero attached hydrogens (tertiary/aromatic N) is 2. The van der Waals surface area contributed by atoms with E-state index in [4.69, 9.17) is 4.74 Å². The van der Waals surface area contributed by atoms with Crippen LogP contribution in [0.3, 0.4) is 0 Å². The van der Waals surface area contributed by atoms with Gasteiger partial charge in [-0.05, 0) is 36.3 Å². The molecule has 0 saturated heterocycles. The topological polar surface area (TPSA) is 61.2 Å². The van der Waals surface area contributed by atoms with E-state index < -0.39 is 0 Å². The third kappa shape index (κ3) is 4.91. The van der Waals surface area contributed by atoms with Crippen LogP contribution in [0, 0.1) is 11.3 Å². The largest absolute Gasteiger partial charge is 0.469 e. The number of benzene rings is 1. The molecule has 0 amide bonds. The Balaban J connectivity index is 1.95. The zero-order chi connectivity index (χ0) is 18.6. The van der Waals surface area contributed by atoms with Gasteiger partial charge in [0.25, 0.3) is 0 Å². The molecule has 1 aromatic heterocycles. The van der Waals surface area contributed by atoms with Crippen LogP contribution in [0.15, 0.2) is 24.3 Å². The van der Waals surface area contributed by atoms with E-state index in [9.17, 15) is 9.59 Å². The van der Waals surface area contributed by atoms with E-state index in [-0.39, 0.29) is 23.1 Å². The molecule has 5 nitrogen and oxygen atoms in total. The fraction of sp³-hybridized carbons (Fsp3) is 0.550. The van der Waals surface area contributed by atoms with Gasteiger partial charge in [-0.3, -0.25) is 9.59 Å². The summed E-state index contributed by atoms with van der Waals surface area (Å²) >= 11 is 0. The first-order valence-corrected chi connectivity index (χ1v) is 8.75. The smallest absolute Gasteiger partial charge is 0.306 e. The SMILES string of the molecule is COC(=O)CC(C)(C)CC[C@@H](C)CC(=O)c1nc2ccccc2n1C. The molecule has 1 atom stereocenters. The van der Waals surface area contributed by atoms with Crippen molar-refractivity contribution in [1.29, 1.82) is 0 Å². The predicted molar refractivity (Wildman–Crippen MR) is 98.5 cm³/mol. The number of para-hydroxylation sites is 2. The molecule has 0 N–H and O–H groups in total. The number of aryl methyl sites for hydroxylation is 1. The first kappa shape index (κ1) is 19.2. The highest BCUT2D eigenvalue weighted by molar-refractivity contribution is 5.96. The third-order valence-corrected chi connectivity index (χ3v) is 4.73. The van der Waals surface area contributed by atoms with E-state index in [0.29, 0.717) is 18.7 Å². The van der Waals surface area contributed by atoms with Crippen LogP contribution in [0.5, 0.6) is 0 Å². The highest BCUT2D eigenvalue weighted by atomic mass is 16.5. The number of hydrogen-bond acceptors (Lipinski definition) is 4. The Kier molecular flexibility index (Phi) is 5.98. The van der Waals surface area contributed by atoms with Crippen LogP contribution in [-0.2, 0) is 16.6 Å². The van der Waals surface area contributed by atoms with Gasteiger partial charge >= 0.3 is 5.97 Å². The third-order valence-electron chi connectivity index (χ3n) is 4.73. The molecular formula is C20H28N2O3. The van der Waals surface area contributed by atoms with E-state index in [0.717, 1.165) is 23.9 Å². The van der Waals surface area contributed by atoms with Crippen molar-refractivity contribution in [2.45, 2.75) is 46.5 Å². The highest BCUT2D eigenvalue weighted by Gasteiger charge is 2.24. The minimum absolute atomic E-state index is 0.0666. The fourth-order valence-electron chi connectivity index (χ4n) is 3.09. The second-order valence-corrected chi connectivity index (χ2v) is 7.67. The maximum Gasteiger partial charge on any atom is 0.306 e. The summed E-state index contributed by atoms with van der Waals surface area (Å²) in [5.41, 5.74) is 1.69. The van der Waals surface area contributed by atoms with Gasteiger partial charge in [0, 0.05) is 13.5 Å². The predicted octanol–water partition coefficient (Wildman–Crippen LogP) is 4.15. The van der Waals surface area contributed by atoms with Gasteiger partial charge in [-0.25, -0.2) is 4.98 Å². The van der Waals surface area contributed by atoms with Crippen molar-refractivity contribution in [2.24, 2.45) is 18.4 Å². The summed E-state index contributed by atoms with van der Waals surface area (Å²) in [6, 6.07) is 7.77. The summed E-state index contributed by atoms with van der Waals surface area (Å²) in [4.78, 5) is 28.6. The lowest BCUT2D eigenvalue weighted by Crippen LogP contribution is -2.20. The standard InChI is InChI=1S/C20H28N2O3/c1-14(10-11-20(2,3)13-18(24)25-5)12-17(23)19-21-15-8-6-7-9-16(15)22(19)4/h6-9,14H,10-13H2,1-5H3/t14-/m1/s1. The molecule has 0 aliphatic rings. The Labute approximate surface area is 149 Å². The van der Waals surface area contributed by atoms with E-state index in [1.54, 1.807) is 0 Å². The van der Waals surface area contributed by atoms with Gasteiger partial charge in [0.1, 0.15) is 0 Å². The number of aromatic nitrogens is 2. The molecule has 2 aromatic rings. The molecule has 0 saturated carbocycles. The number of Topliss-reactive ketones (excluding diaryl/α,β-unsaturated/α-hetero) is 1. The number of imidazole rings is 1. The number of fused-ring (bicyclic) bond motifs is 1. The maximum atomic E-state index is 12.6. The summed E-state index contributed by atoms with van der Waals surface area (Å²) in [6.07, 6.45) is 2.62. The van der Waals surface area contributed by atoms with Gasteiger partial charge in [-0.1, -0.05) is 32.9 Å². The van der Waals surface area contributed by atoms with Gasteiger partial charge in [0.2, 0.25) is 0 Å². The van der Waals surface area contributed by atoms with Gasteiger partial charge in [-0.2, -0.15) is 0 Å². The molecule has 0 spiro atoms. The number of ether oxygens (including phenoxy) is 1. The number of carbonyl (C=O) groups is 2. The van der Waals surface area contributed by atoms with E-state index in [2.05, 4.69) is 25.8 Å². The Morgan fingerprint density at radius 1 is 1.28 bits per heavy atom. The van der Waals surface area contributed by atoms with Crippen molar-refractivity contribution >= 4 is 22.8 Å². The number of ketones is 1. The van der Waals surface area contributed by atoms with Crippen molar-refractivity contribution in [2.75, 3.05) is 7.11 Å². The minimum atomic E-state index is -0.187. The van der Waals surface area contributed by atoms with Gasteiger partial charge < -0.3 is 9.30 Å². The Bertz CT molecular complexity index is 761. The average Bonchev–Trinajstić information content (AvgIpc) is 2.90. The highest BCUT2D eigenvalue weighted by Crippen LogP contribution is 2.30. The lowest BCUT2D eigenvalue weighted by Gasteiger charge is -2.24. The van der Waals surface area contributed by atoms with Crippen LogP contribution in [-0.4, -0.2) is 28.4 Å². The molecule has 1 aromatic carbocycles. The van der Waals surface area contributed by atoms with Gasteiger partial charge in [-0.15, -0.1) is 0 Å². The van der Waals surface area contributed by atoms with Crippen LogP contribution in [0.2, 0.25) is 0 Å². The second kappa shape index (κ2) is 7.81. The molecule has 2 rings (SSSR count). The van der Waals surface area contributed by atoms with E-state index >= 15 is 0 Å². The summed E-state index contributed by atoms with van der Waals surface area (Å²) < 4.78 is 6.62. The molecule has 0 fully saturated rings. The van der Waals surface area contributed by atoms with Gasteiger partial charge in [0.15, 0.2) is 11.6 Å². The summed E-state index contributed by atoms with van der Waals surface area (Å²) in [5, 5.41) is 0. The van der Waals surface area contributed by atoms with Crippen molar-refractivity contribution in [3.05, 3.63) is 30.1 Å². The molecule has 0 aliphatic carbocycles. The first-order valence-electron chi connectivity index (χ1n) is 8.75. The molecule has 136 valence electrons. The monoisotopic (exact) mass is 344 g/mol. The van der Waals surface area contributed by atoms with Crippen LogP contribution < -0.4 is 0 Å². The Morgan fingerprint density at radius 2 is 1.96 bits per heavy atom. The molecule has 25 heavy (non-hydrogen) atoms. The zero-order valence-corrected chi connectivity index (χ0v) is 15.8. The maximum absolute atomic E-state index is 12.6. The lowest BCUT2D eigenvalue weighted by atomic mass is 9.81. The van der Waals surface area contributed by atoms with E-state index in [1.807, 2.05) is 35.9 Å². The summed E-state index contributed by atoms with van der Waals surface area (Å²) in [6.45, 7) is 6.20. The molecule has 0 bridgehead atoms. The minimum Gasteiger partial charge on any atom is -0.469 e. The van der Waals surface area contributed by atoms with Crippen LogP contribution in [0.4, 0.5) is 0 Å². The van der Waals surface area contributed by atoms with E-state index in [1.165, 1.54) is 7.11 Å². The molecule has 0 radical (unpaired) electrons. The quantitative estimate of drug-likeness (QED) is 0.533. The Morgan fingerprint density at radius 3 is 2.60 bits per heavy atom. The first-order chi connectivity index (χ1) is 11.7. The molecular weight excluding hydrogens is 316 g/mol. The average molecular weight is 344 g/mol. The summed E-state index contributed by atoms with van der Waals surface area (Å²) in [7, 11) is 3.29. The van der Waals surface area contributed by atoms with Gasteiger partial charge in [0.05, 0.1) is 24.6 Å². The molecule has 1 heterocycles. The van der Waals surface area contributed by atoms with Crippen molar-refractivity contribution in [3.8, 4) is 0 Å². The number of methoxy groups -OCH3 is 1. The second-order valence-electron chi connectivity index (χ2n) is 7.67. The number of hydrogen-bond donors (Lipinski definition) is 0. The zero-order valence-electron chi connectivity index (χ0n) is 15.8. The van der Waals surface area contributed by atoms with Crippen LogP contribution in [0.25, 0.3) is 11.0 Å². The van der Waals surface area contributed by atoms with Crippen LogP contribution in [0.1, 0.15) is 57.1 Å². The number of rotatable bonds is 8.